The summed E-state index contributed by atoms with van der Waals surface area (Å²) in [5, 5.41) is 4.40. The number of sulfonamides is 1. The first-order valence-corrected chi connectivity index (χ1v) is 13.6. The highest BCUT2D eigenvalue weighted by Crippen LogP contribution is 2.29. The van der Waals surface area contributed by atoms with Crippen LogP contribution >= 0.6 is 11.6 Å². The Kier molecular flexibility index (Phi) is 8.78. The van der Waals surface area contributed by atoms with Crippen molar-refractivity contribution in [3.63, 3.8) is 0 Å². The van der Waals surface area contributed by atoms with Gasteiger partial charge in [0, 0.05) is 10.6 Å². The standard InChI is InChI=1S/C29H26ClN3O4S/c1-22-16-17-25(30)18-27(22)33(38(35,36)26-13-6-3-7-14-26)20-29(34)32-31-19-24-12-8-9-15-28(24)37-21-23-10-4-2-5-11-23/h2-19H,20-21H2,1H3,(H,32,34)/b31-19-. The zero-order chi connectivity index (χ0) is 27.0. The van der Waals surface area contributed by atoms with E-state index in [1.54, 1.807) is 43.3 Å². The van der Waals surface area contributed by atoms with E-state index in [4.69, 9.17) is 16.3 Å². The largest absolute Gasteiger partial charge is 0.488 e. The number of rotatable bonds is 10. The molecule has 0 aliphatic carbocycles. The number of hydrazone groups is 1. The number of nitrogens with zero attached hydrogens (tertiary/aromatic N) is 2. The van der Waals surface area contributed by atoms with Gasteiger partial charge in [0.25, 0.3) is 15.9 Å². The van der Waals surface area contributed by atoms with Gasteiger partial charge < -0.3 is 4.74 Å². The van der Waals surface area contributed by atoms with Crippen molar-refractivity contribution in [1.29, 1.82) is 0 Å². The molecule has 0 aromatic heterocycles. The zero-order valence-corrected chi connectivity index (χ0v) is 22.2. The number of benzene rings is 4. The summed E-state index contributed by atoms with van der Waals surface area (Å²) < 4.78 is 34.0. The smallest absolute Gasteiger partial charge is 0.264 e. The third-order valence-electron chi connectivity index (χ3n) is 5.61. The summed E-state index contributed by atoms with van der Waals surface area (Å²) in [6.45, 7) is 1.63. The van der Waals surface area contributed by atoms with E-state index in [-0.39, 0.29) is 4.90 Å². The third kappa shape index (κ3) is 6.79. The minimum atomic E-state index is -4.06. The summed E-state index contributed by atoms with van der Waals surface area (Å²) >= 11 is 6.17. The second kappa shape index (κ2) is 12.4. The van der Waals surface area contributed by atoms with Crippen LogP contribution in [0.1, 0.15) is 16.7 Å². The Morgan fingerprint density at radius 3 is 2.34 bits per heavy atom. The maximum absolute atomic E-state index is 13.5. The van der Waals surface area contributed by atoms with Crippen LogP contribution in [-0.2, 0) is 21.4 Å². The zero-order valence-electron chi connectivity index (χ0n) is 20.6. The lowest BCUT2D eigenvalue weighted by molar-refractivity contribution is -0.119. The number of anilines is 1. The van der Waals surface area contributed by atoms with Crippen molar-refractivity contribution in [2.45, 2.75) is 18.4 Å². The molecule has 4 rings (SSSR count). The molecule has 0 aliphatic heterocycles. The van der Waals surface area contributed by atoms with E-state index in [9.17, 15) is 13.2 Å². The molecule has 4 aromatic carbocycles. The van der Waals surface area contributed by atoms with Gasteiger partial charge in [-0.2, -0.15) is 5.10 Å². The first kappa shape index (κ1) is 26.9. The quantitative estimate of drug-likeness (QED) is 0.207. The normalized spacial score (nSPS) is 11.3. The summed E-state index contributed by atoms with van der Waals surface area (Å²) in [5.74, 6) is -0.0278. The van der Waals surface area contributed by atoms with Crippen LogP contribution < -0.4 is 14.5 Å². The molecular weight excluding hydrogens is 522 g/mol. The molecular formula is C29H26ClN3O4S. The molecule has 0 saturated heterocycles. The summed E-state index contributed by atoms with van der Waals surface area (Å²) in [4.78, 5) is 12.9. The monoisotopic (exact) mass is 547 g/mol. The van der Waals surface area contributed by atoms with Crippen LogP contribution in [0.3, 0.4) is 0 Å². The molecule has 194 valence electrons. The van der Waals surface area contributed by atoms with E-state index in [1.807, 2.05) is 48.5 Å². The van der Waals surface area contributed by atoms with Gasteiger partial charge in [-0.05, 0) is 54.4 Å². The lowest BCUT2D eigenvalue weighted by Gasteiger charge is -2.25. The first-order chi connectivity index (χ1) is 18.3. The number of aryl methyl sites for hydroxylation is 1. The molecule has 7 nitrogen and oxygen atoms in total. The minimum Gasteiger partial charge on any atom is -0.488 e. The van der Waals surface area contributed by atoms with Gasteiger partial charge in [0.2, 0.25) is 0 Å². The topological polar surface area (TPSA) is 88.1 Å². The van der Waals surface area contributed by atoms with Gasteiger partial charge in [-0.15, -0.1) is 0 Å². The fraction of sp³-hybridized carbons (Fsp3) is 0.103. The molecule has 0 spiro atoms. The maximum Gasteiger partial charge on any atom is 0.264 e. The molecule has 0 bridgehead atoms. The fourth-order valence-electron chi connectivity index (χ4n) is 3.66. The molecule has 1 N–H and O–H groups in total. The number of hydrogen-bond acceptors (Lipinski definition) is 5. The van der Waals surface area contributed by atoms with Crippen molar-refractivity contribution >= 4 is 39.4 Å². The van der Waals surface area contributed by atoms with E-state index in [0.717, 1.165) is 9.87 Å². The Labute approximate surface area is 227 Å². The highest BCUT2D eigenvalue weighted by molar-refractivity contribution is 7.92. The molecule has 0 radical (unpaired) electrons. The van der Waals surface area contributed by atoms with E-state index in [2.05, 4.69) is 10.5 Å². The Hall–Kier alpha value is -4.14. The molecule has 0 heterocycles. The molecule has 0 unspecified atom stereocenters. The van der Waals surface area contributed by atoms with Crippen molar-refractivity contribution in [2.24, 2.45) is 5.10 Å². The van der Waals surface area contributed by atoms with Gasteiger partial charge in [-0.3, -0.25) is 9.10 Å². The molecule has 0 saturated carbocycles. The molecule has 9 heteroatoms. The van der Waals surface area contributed by atoms with Crippen LogP contribution in [0.25, 0.3) is 0 Å². The van der Waals surface area contributed by atoms with E-state index < -0.39 is 22.5 Å². The second-order valence-electron chi connectivity index (χ2n) is 8.36. The van der Waals surface area contributed by atoms with E-state index in [0.29, 0.717) is 34.2 Å². The number of ether oxygens (including phenoxy) is 1. The number of amides is 1. The van der Waals surface area contributed by atoms with Crippen LogP contribution in [0.4, 0.5) is 5.69 Å². The van der Waals surface area contributed by atoms with Crippen molar-refractivity contribution in [3.8, 4) is 5.75 Å². The fourth-order valence-corrected chi connectivity index (χ4v) is 5.33. The predicted octanol–water partition coefficient (Wildman–Crippen LogP) is 5.57. The van der Waals surface area contributed by atoms with Gasteiger partial charge in [-0.1, -0.05) is 78.3 Å². The van der Waals surface area contributed by atoms with Gasteiger partial charge in [0.15, 0.2) is 0 Å². The number of nitrogens with one attached hydrogen (secondary N) is 1. The van der Waals surface area contributed by atoms with Crippen LogP contribution in [0.15, 0.2) is 113 Å². The highest BCUT2D eigenvalue weighted by atomic mass is 35.5. The lowest BCUT2D eigenvalue weighted by atomic mass is 10.2. The van der Waals surface area contributed by atoms with Crippen molar-refractivity contribution < 1.29 is 17.9 Å². The predicted molar refractivity (Wildman–Crippen MR) is 150 cm³/mol. The Morgan fingerprint density at radius 2 is 1.61 bits per heavy atom. The van der Waals surface area contributed by atoms with Crippen molar-refractivity contribution in [3.05, 3.63) is 125 Å². The Morgan fingerprint density at radius 1 is 0.947 bits per heavy atom. The number of hydrogen-bond donors (Lipinski definition) is 1. The second-order valence-corrected chi connectivity index (χ2v) is 10.7. The molecule has 4 aromatic rings. The number of halogens is 1. The van der Waals surface area contributed by atoms with Crippen LogP contribution in [-0.4, -0.2) is 27.1 Å². The minimum absolute atomic E-state index is 0.0557. The van der Waals surface area contributed by atoms with Crippen LogP contribution in [0.2, 0.25) is 5.02 Å². The van der Waals surface area contributed by atoms with Gasteiger partial charge >= 0.3 is 0 Å². The maximum atomic E-state index is 13.5. The van der Waals surface area contributed by atoms with Gasteiger partial charge in [-0.25, -0.2) is 13.8 Å². The molecule has 38 heavy (non-hydrogen) atoms. The number of carbonyl (C=O) groups is 1. The molecule has 0 aliphatic rings. The number of carbonyl (C=O) groups excluding carboxylic acids is 1. The van der Waals surface area contributed by atoms with Crippen LogP contribution in [0.5, 0.6) is 5.75 Å². The average molecular weight is 548 g/mol. The molecule has 0 atom stereocenters. The number of para-hydroxylation sites is 1. The lowest BCUT2D eigenvalue weighted by Crippen LogP contribution is -2.40. The molecule has 1 amide bonds. The van der Waals surface area contributed by atoms with E-state index in [1.165, 1.54) is 24.4 Å². The highest BCUT2D eigenvalue weighted by Gasteiger charge is 2.28. The Balaban J connectivity index is 1.51. The summed E-state index contributed by atoms with van der Waals surface area (Å²) in [6.07, 6.45) is 1.46. The van der Waals surface area contributed by atoms with E-state index >= 15 is 0 Å². The van der Waals surface area contributed by atoms with Crippen molar-refractivity contribution in [1.82, 2.24) is 5.43 Å². The summed E-state index contributed by atoms with van der Waals surface area (Å²) in [5.41, 5.74) is 5.05. The van der Waals surface area contributed by atoms with Crippen LogP contribution in [0, 0.1) is 6.92 Å². The van der Waals surface area contributed by atoms with Gasteiger partial charge in [0.05, 0.1) is 16.8 Å². The Bertz CT molecular complexity index is 1530. The molecule has 0 fully saturated rings. The SMILES string of the molecule is Cc1ccc(Cl)cc1N(CC(=O)N/N=C\c1ccccc1OCc1ccccc1)S(=O)(=O)c1ccccc1. The summed E-state index contributed by atoms with van der Waals surface area (Å²) in [7, 11) is -4.06. The van der Waals surface area contributed by atoms with Gasteiger partial charge in [0.1, 0.15) is 18.9 Å². The summed E-state index contributed by atoms with van der Waals surface area (Å²) in [6, 6.07) is 29.8. The first-order valence-electron chi connectivity index (χ1n) is 11.8. The average Bonchev–Trinajstić information content (AvgIpc) is 2.93. The van der Waals surface area contributed by atoms with Crippen molar-refractivity contribution in [2.75, 3.05) is 10.8 Å². The third-order valence-corrected chi connectivity index (χ3v) is 7.62.